The molecule has 0 atom stereocenters. The van der Waals surface area contributed by atoms with Gasteiger partial charge < -0.3 is 9.80 Å². The summed E-state index contributed by atoms with van der Waals surface area (Å²) < 4.78 is 26.9. The SMILES string of the molecule is CC(=O)c1cccc(S(=O)(=O)N2CCN(C(=O)CCN(C)C)CC2)c1. The number of carbonyl (C=O) groups excluding carboxylic acids is 2. The number of carbonyl (C=O) groups is 2. The van der Waals surface area contributed by atoms with Crippen molar-refractivity contribution in [2.24, 2.45) is 0 Å². The van der Waals surface area contributed by atoms with Gasteiger partial charge in [-0.3, -0.25) is 9.59 Å². The molecule has 0 spiro atoms. The lowest BCUT2D eigenvalue weighted by atomic mass is 10.2. The van der Waals surface area contributed by atoms with Crippen LogP contribution in [0.3, 0.4) is 0 Å². The molecule has 0 N–H and O–H groups in total. The van der Waals surface area contributed by atoms with Crippen molar-refractivity contribution in [3.8, 4) is 0 Å². The number of hydrogen-bond donors (Lipinski definition) is 0. The second-order valence-corrected chi connectivity index (χ2v) is 8.36. The third-order valence-electron chi connectivity index (χ3n) is 4.24. The third-order valence-corrected chi connectivity index (χ3v) is 6.14. The highest BCUT2D eigenvalue weighted by atomic mass is 32.2. The predicted molar refractivity (Wildman–Crippen MR) is 95.0 cm³/mol. The maximum Gasteiger partial charge on any atom is 0.243 e. The number of benzene rings is 1. The van der Waals surface area contributed by atoms with Gasteiger partial charge in [-0.05, 0) is 33.2 Å². The van der Waals surface area contributed by atoms with Gasteiger partial charge in [-0.15, -0.1) is 0 Å². The molecule has 0 saturated carbocycles. The monoisotopic (exact) mass is 367 g/mol. The molecular formula is C17H25N3O4S. The molecule has 8 heteroatoms. The van der Waals surface area contributed by atoms with Crippen molar-refractivity contribution >= 4 is 21.7 Å². The number of rotatable bonds is 6. The molecule has 0 bridgehead atoms. The summed E-state index contributed by atoms with van der Waals surface area (Å²) in [6, 6.07) is 6.08. The van der Waals surface area contributed by atoms with Gasteiger partial charge in [-0.2, -0.15) is 4.31 Å². The Morgan fingerprint density at radius 3 is 2.32 bits per heavy atom. The lowest BCUT2D eigenvalue weighted by Crippen LogP contribution is -2.50. The molecule has 7 nitrogen and oxygen atoms in total. The van der Waals surface area contributed by atoms with E-state index in [4.69, 9.17) is 0 Å². The average Bonchev–Trinajstić information content (AvgIpc) is 2.59. The second kappa shape index (κ2) is 8.07. The fourth-order valence-corrected chi connectivity index (χ4v) is 4.15. The largest absolute Gasteiger partial charge is 0.340 e. The fourth-order valence-electron chi connectivity index (χ4n) is 2.68. The van der Waals surface area contributed by atoms with Crippen LogP contribution in [0.2, 0.25) is 0 Å². The first-order chi connectivity index (χ1) is 11.7. The Hall–Kier alpha value is -1.77. The number of hydrogen-bond acceptors (Lipinski definition) is 5. The predicted octanol–water partition coefficient (Wildman–Crippen LogP) is 0.674. The zero-order valence-electron chi connectivity index (χ0n) is 14.9. The molecule has 0 radical (unpaired) electrons. The number of nitrogens with zero attached hydrogens (tertiary/aromatic N) is 3. The van der Waals surface area contributed by atoms with E-state index in [1.165, 1.54) is 23.4 Å². The fraction of sp³-hybridized carbons (Fsp3) is 0.529. The molecule has 25 heavy (non-hydrogen) atoms. The number of ketones is 1. The Labute approximate surface area is 149 Å². The van der Waals surface area contributed by atoms with E-state index in [2.05, 4.69) is 0 Å². The van der Waals surface area contributed by atoms with E-state index in [1.807, 2.05) is 19.0 Å². The van der Waals surface area contributed by atoms with Crippen molar-refractivity contribution in [1.82, 2.24) is 14.1 Å². The van der Waals surface area contributed by atoms with Crippen LogP contribution < -0.4 is 0 Å². The van der Waals surface area contributed by atoms with Gasteiger partial charge >= 0.3 is 0 Å². The highest BCUT2D eigenvalue weighted by Gasteiger charge is 2.30. The third kappa shape index (κ3) is 4.87. The second-order valence-electron chi connectivity index (χ2n) is 6.42. The highest BCUT2D eigenvalue weighted by molar-refractivity contribution is 7.89. The van der Waals surface area contributed by atoms with Crippen molar-refractivity contribution in [3.05, 3.63) is 29.8 Å². The number of Topliss-reactive ketones (excluding diaryl/α,β-unsaturated/α-hetero) is 1. The summed E-state index contributed by atoms with van der Waals surface area (Å²) in [6.07, 6.45) is 0.431. The van der Waals surface area contributed by atoms with Crippen LogP contribution in [0, 0.1) is 0 Å². The van der Waals surface area contributed by atoms with E-state index in [0.29, 0.717) is 31.6 Å². The Balaban J connectivity index is 2.03. The van der Waals surface area contributed by atoms with Gasteiger partial charge in [-0.25, -0.2) is 8.42 Å². The summed E-state index contributed by atoms with van der Waals surface area (Å²) in [7, 11) is 0.161. The Kier molecular flexibility index (Phi) is 6.31. The molecule has 0 unspecified atom stereocenters. The standard InChI is InChI=1S/C17H25N3O4S/c1-14(21)15-5-4-6-16(13-15)25(23,24)20-11-9-19(10-12-20)17(22)7-8-18(2)3/h4-6,13H,7-12H2,1-3H3. The zero-order chi connectivity index (χ0) is 18.6. The summed E-state index contributed by atoms with van der Waals surface area (Å²) >= 11 is 0. The van der Waals surface area contributed by atoms with Gasteiger partial charge in [0.25, 0.3) is 0 Å². The van der Waals surface area contributed by atoms with E-state index in [1.54, 1.807) is 17.0 Å². The molecule has 1 heterocycles. The number of piperazine rings is 1. The van der Waals surface area contributed by atoms with E-state index in [9.17, 15) is 18.0 Å². The van der Waals surface area contributed by atoms with Gasteiger partial charge in [0.05, 0.1) is 4.90 Å². The summed E-state index contributed by atoms with van der Waals surface area (Å²) in [4.78, 5) is 27.4. The molecule has 138 valence electrons. The first kappa shape index (κ1) is 19.6. The van der Waals surface area contributed by atoms with Crippen LogP contribution in [0.15, 0.2) is 29.2 Å². The smallest absolute Gasteiger partial charge is 0.243 e. The van der Waals surface area contributed by atoms with Gasteiger partial charge in [0.15, 0.2) is 5.78 Å². The minimum atomic E-state index is -3.66. The van der Waals surface area contributed by atoms with Gasteiger partial charge in [0.2, 0.25) is 15.9 Å². The number of sulfonamides is 1. The van der Waals surface area contributed by atoms with Crippen molar-refractivity contribution < 1.29 is 18.0 Å². The topological polar surface area (TPSA) is 78.0 Å². The molecule has 1 saturated heterocycles. The molecule has 1 aromatic rings. The molecule has 1 aliphatic rings. The first-order valence-corrected chi connectivity index (χ1v) is 9.69. The molecule has 0 aromatic heterocycles. The van der Waals surface area contributed by atoms with E-state index in [-0.39, 0.29) is 29.7 Å². The minimum absolute atomic E-state index is 0.0457. The summed E-state index contributed by atoms with van der Waals surface area (Å²) in [6.45, 7) is 3.38. The van der Waals surface area contributed by atoms with Crippen molar-refractivity contribution in [1.29, 1.82) is 0 Å². The quantitative estimate of drug-likeness (QED) is 0.691. The Morgan fingerprint density at radius 1 is 1.12 bits per heavy atom. The summed E-state index contributed by atoms with van der Waals surface area (Å²) in [5.74, 6) is -0.127. The molecule has 2 rings (SSSR count). The maximum absolute atomic E-state index is 12.8. The van der Waals surface area contributed by atoms with E-state index >= 15 is 0 Å². The van der Waals surface area contributed by atoms with Crippen LogP contribution in [0.25, 0.3) is 0 Å². The normalized spacial score (nSPS) is 16.2. The summed E-state index contributed by atoms with van der Waals surface area (Å²) in [5.41, 5.74) is 0.374. The first-order valence-electron chi connectivity index (χ1n) is 8.25. The van der Waals surface area contributed by atoms with Crippen LogP contribution >= 0.6 is 0 Å². The van der Waals surface area contributed by atoms with Gasteiger partial charge in [0.1, 0.15) is 0 Å². The van der Waals surface area contributed by atoms with Crippen molar-refractivity contribution in [3.63, 3.8) is 0 Å². The molecule has 0 aliphatic carbocycles. The molecule has 1 aliphatic heterocycles. The van der Waals surface area contributed by atoms with Gasteiger partial charge in [-0.1, -0.05) is 12.1 Å². The lowest BCUT2D eigenvalue weighted by molar-refractivity contribution is -0.132. The van der Waals surface area contributed by atoms with Crippen LogP contribution in [0.5, 0.6) is 0 Å². The van der Waals surface area contributed by atoms with Crippen molar-refractivity contribution in [2.45, 2.75) is 18.2 Å². The molecule has 1 amide bonds. The lowest BCUT2D eigenvalue weighted by Gasteiger charge is -2.34. The van der Waals surface area contributed by atoms with Crippen LogP contribution in [-0.4, -0.2) is 81.0 Å². The molecular weight excluding hydrogens is 342 g/mol. The Morgan fingerprint density at radius 2 is 1.76 bits per heavy atom. The van der Waals surface area contributed by atoms with Crippen LogP contribution in [0.4, 0.5) is 0 Å². The van der Waals surface area contributed by atoms with Crippen LogP contribution in [0.1, 0.15) is 23.7 Å². The van der Waals surface area contributed by atoms with E-state index < -0.39 is 10.0 Å². The molecule has 1 aromatic carbocycles. The number of amides is 1. The Bertz CT molecular complexity index is 738. The van der Waals surface area contributed by atoms with Crippen molar-refractivity contribution in [2.75, 3.05) is 46.8 Å². The maximum atomic E-state index is 12.8. The molecule has 1 fully saturated rings. The zero-order valence-corrected chi connectivity index (χ0v) is 15.8. The minimum Gasteiger partial charge on any atom is -0.340 e. The highest BCUT2D eigenvalue weighted by Crippen LogP contribution is 2.19. The van der Waals surface area contributed by atoms with E-state index in [0.717, 1.165) is 0 Å². The average molecular weight is 367 g/mol. The van der Waals surface area contributed by atoms with Crippen LogP contribution in [-0.2, 0) is 14.8 Å². The summed E-state index contributed by atoms with van der Waals surface area (Å²) in [5, 5.41) is 0. The van der Waals surface area contributed by atoms with Gasteiger partial charge in [0, 0.05) is 44.7 Å².